The number of rotatable bonds is 5. The SMILES string of the molecule is CC(C)n1cc(NC(c2ccco2)c2nccn2C)cn1. The molecule has 0 saturated heterocycles. The summed E-state index contributed by atoms with van der Waals surface area (Å²) in [7, 11) is 1.97. The number of hydrogen-bond acceptors (Lipinski definition) is 4. The average molecular weight is 285 g/mol. The summed E-state index contributed by atoms with van der Waals surface area (Å²) in [5, 5.41) is 7.79. The second-order valence-electron chi connectivity index (χ2n) is 5.29. The molecule has 0 bridgehead atoms. The molecule has 0 aliphatic carbocycles. The molecule has 0 radical (unpaired) electrons. The van der Waals surface area contributed by atoms with Crippen LogP contribution in [-0.2, 0) is 7.05 Å². The van der Waals surface area contributed by atoms with Crippen LogP contribution in [0.2, 0.25) is 0 Å². The molecule has 3 heterocycles. The molecule has 6 heteroatoms. The third kappa shape index (κ3) is 2.69. The molecule has 0 aliphatic rings. The number of nitrogens with zero attached hydrogens (tertiary/aromatic N) is 4. The Balaban J connectivity index is 1.91. The van der Waals surface area contributed by atoms with Crippen LogP contribution in [0.1, 0.15) is 37.5 Å². The molecule has 1 atom stereocenters. The van der Waals surface area contributed by atoms with Crippen LogP contribution in [-0.4, -0.2) is 19.3 Å². The van der Waals surface area contributed by atoms with Gasteiger partial charge in [0.25, 0.3) is 0 Å². The normalized spacial score (nSPS) is 12.8. The fraction of sp³-hybridized carbons (Fsp3) is 0.333. The van der Waals surface area contributed by atoms with E-state index in [9.17, 15) is 0 Å². The minimum Gasteiger partial charge on any atom is -0.467 e. The zero-order chi connectivity index (χ0) is 14.8. The van der Waals surface area contributed by atoms with Crippen LogP contribution < -0.4 is 5.32 Å². The van der Waals surface area contributed by atoms with Crippen LogP contribution in [0.3, 0.4) is 0 Å². The second kappa shape index (κ2) is 5.47. The van der Waals surface area contributed by atoms with Gasteiger partial charge in [0.05, 0.1) is 18.1 Å². The predicted octanol–water partition coefficient (Wildman–Crippen LogP) is 2.99. The molecule has 21 heavy (non-hydrogen) atoms. The fourth-order valence-corrected chi connectivity index (χ4v) is 2.24. The zero-order valence-electron chi connectivity index (χ0n) is 12.4. The van der Waals surface area contributed by atoms with Crippen molar-refractivity contribution in [2.24, 2.45) is 7.05 Å². The summed E-state index contributed by atoms with van der Waals surface area (Å²) in [5.74, 6) is 1.71. The van der Waals surface area contributed by atoms with Crippen molar-refractivity contribution in [3.8, 4) is 0 Å². The third-order valence-electron chi connectivity index (χ3n) is 3.39. The number of aryl methyl sites for hydroxylation is 1. The summed E-state index contributed by atoms with van der Waals surface area (Å²) in [4.78, 5) is 4.42. The Bertz CT molecular complexity index is 695. The van der Waals surface area contributed by atoms with Gasteiger partial charge in [0, 0.05) is 31.7 Å². The Hall–Kier alpha value is -2.50. The second-order valence-corrected chi connectivity index (χ2v) is 5.29. The molecule has 3 aromatic rings. The summed E-state index contributed by atoms with van der Waals surface area (Å²) in [5.41, 5.74) is 0.938. The molecular formula is C15H19N5O. The molecule has 0 aliphatic heterocycles. The van der Waals surface area contributed by atoms with Crippen molar-refractivity contribution in [3.63, 3.8) is 0 Å². The third-order valence-corrected chi connectivity index (χ3v) is 3.39. The Kier molecular flexibility index (Phi) is 3.51. The van der Waals surface area contributed by atoms with Crippen LogP contribution in [0.5, 0.6) is 0 Å². The largest absolute Gasteiger partial charge is 0.467 e. The van der Waals surface area contributed by atoms with E-state index >= 15 is 0 Å². The molecular weight excluding hydrogens is 266 g/mol. The van der Waals surface area contributed by atoms with Gasteiger partial charge >= 0.3 is 0 Å². The van der Waals surface area contributed by atoms with Crippen molar-refractivity contribution in [1.29, 1.82) is 0 Å². The fourth-order valence-electron chi connectivity index (χ4n) is 2.24. The number of aromatic nitrogens is 4. The van der Waals surface area contributed by atoms with Gasteiger partial charge in [0.1, 0.15) is 17.6 Å². The highest BCUT2D eigenvalue weighted by molar-refractivity contribution is 5.43. The quantitative estimate of drug-likeness (QED) is 0.783. The lowest BCUT2D eigenvalue weighted by molar-refractivity contribution is 0.488. The molecule has 3 aromatic heterocycles. The Morgan fingerprint density at radius 2 is 2.19 bits per heavy atom. The van der Waals surface area contributed by atoms with Gasteiger partial charge < -0.3 is 14.3 Å². The van der Waals surface area contributed by atoms with E-state index in [2.05, 4.69) is 29.2 Å². The van der Waals surface area contributed by atoms with Crippen molar-refractivity contribution in [1.82, 2.24) is 19.3 Å². The van der Waals surface area contributed by atoms with Crippen LogP contribution in [0, 0.1) is 0 Å². The van der Waals surface area contributed by atoms with Gasteiger partial charge in [-0.3, -0.25) is 4.68 Å². The Morgan fingerprint density at radius 1 is 1.33 bits per heavy atom. The van der Waals surface area contributed by atoms with E-state index in [0.29, 0.717) is 6.04 Å². The summed E-state index contributed by atoms with van der Waals surface area (Å²) in [6.07, 6.45) is 9.18. The van der Waals surface area contributed by atoms with Gasteiger partial charge in [0.2, 0.25) is 0 Å². The monoisotopic (exact) mass is 285 g/mol. The van der Waals surface area contributed by atoms with Gasteiger partial charge in [-0.2, -0.15) is 5.10 Å². The number of imidazole rings is 1. The minimum atomic E-state index is -0.148. The van der Waals surface area contributed by atoms with Crippen LogP contribution in [0.15, 0.2) is 47.6 Å². The average Bonchev–Trinajstić information content (AvgIpc) is 3.18. The molecule has 1 N–H and O–H groups in total. The summed E-state index contributed by atoms with van der Waals surface area (Å²) < 4.78 is 9.45. The van der Waals surface area contributed by atoms with Crippen molar-refractivity contribution in [2.45, 2.75) is 25.9 Å². The first-order chi connectivity index (χ1) is 10.1. The van der Waals surface area contributed by atoms with E-state index in [4.69, 9.17) is 4.42 Å². The smallest absolute Gasteiger partial charge is 0.143 e. The Morgan fingerprint density at radius 3 is 2.76 bits per heavy atom. The van der Waals surface area contributed by atoms with Gasteiger partial charge in [0.15, 0.2) is 0 Å². The van der Waals surface area contributed by atoms with E-state index in [-0.39, 0.29) is 6.04 Å². The zero-order valence-corrected chi connectivity index (χ0v) is 12.4. The molecule has 3 rings (SSSR count). The van der Waals surface area contributed by atoms with Crippen LogP contribution in [0.4, 0.5) is 5.69 Å². The lowest BCUT2D eigenvalue weighted by Crippen LogP contribution is -2.16. The van der Waals surface area contributed by atoms with Crippen molar-refractivity contribution >= 4 is 5.69 Å². The first-order valence-corrected chi connectivity index (χ1v) is 6.96. The standard InChI is InChI=1S/C15H19N5O/c1-11(2)20-10-12(9-17-20)18-14(13-5-4-8-21-13)15-16-6-7-19(15)3/h4-11,14,18H,1-3H3. The maximum atomic E-state index is 5.56. The van der Waals surface area contributed by atoms with E-state index in [1.165, 1.54) is 0 Å². The molecule has 6 nitrogen and oxygen atoms in total. The summed E-state index contributed by atoms with van der Waals surface area (Å²) in [6, 6.07) is 4.00. The van der Waals surface area contributed by atoms with Gasteiger partial charge in [-0.25, -0.2) is 4.98 Å². The molecule has 110 valence electrons. The Labute approximate surface area is 123 Å². The van der Waals surface area contributed by atoms with Gasteiger partial charge in [-0.1, -0.05) is 0 Å². The highest BCUT2D eigenvalue weighted by atomic mass is 16.3. The molecule has 0 amide bonds. The minimum absolute atomic E-state index is 0.148. The first kappa shape index (κ1) is 13.5. The molecule has 0 spiro atoms. The number of nitrogens with one attached hydrogen (secondary N) is 1. The lowest BCUT2D eigenvalue weighted by atomic mass is 10.2. The van der Waals surface area contributed by atoms with E-state index in [0.717, 1.165) is 17.3 Å². The van der Waals surface area contributed by atoms with Crippen molar-refractivity contribution < 1.29 is 4.42 Å². The van der Waals surface area contributed by atoms with E-state index in [1.807, 2.05) is 47.0 Å². The summed E-state index contributed by atoms with van der Waals surface area (Å²) in [6.45, 7) is 4.19. The number of hydrogen-bond donors (Lipinski definition) is 1. The van der Waals surface area contributed by atoms with Crippen molar-refractivity contribution in [3.05, 3.63) is 54.8 Å². The van der Waals surface area contributed by atoms with Crippen LogP contribution in [0.25, 0.3) is 0 Å². The predicted molar refractivity (Wildman–Crippen MR) is 80.0 cm³/mol. The first-order valence-electron chi connectivity index (χ1n) is 6.96. The van der Waals surface area contributed by atoms with E-state index < -0.39 is 0 Å². The lowest BCUT2D eigenvalue weighted by Gasteiger charge is -2.16. The maximum absolute atomic E-state index is 5.56. The van der Waals surface area contributed by atoms with E-state index in [1.54, 1.807) is 12.5 Å². The molecule has 0 saturated carbocycles. The maximum Gasteiger partial charge on any atom is 0.143 e. The van der Waals surface area contributed by atoms with Crippen molar-refractivity contribution in [2.75, 3.05) is 5.32 Å². The molecule has 1 unspecified atom stereocenters. The number of anilines is 1. The van der Waals surface area contributed by atoms with Crippen LogP contribution >= 0.6 is 0 Å². The highest BCUT2D eigenvalue weighted by Crippen LogP contribution is 2.25. The number of furan rings is 1. The van der Waals surface area contributed by atoms with Gasteiger partial charge in [-0.05, 0) is 26.0 Å². The highest BCUT2D eigenvalue weighted by Gasteiger charge is 2.21. The molecule has 0 aromatic carbocycles. The van der Waals surface area contributed by atoms with Gasteiger partial charge in [-0.15, -0.1) is 0 Å². The summed E-state index contributed by atoms with van der Waals surface area (Å²) >= 11 is 0. The molecule has 0 fully saturated rings. The topological polar surface area (TPSA) is 60.8 Å².